The van der Waals surface area contributed by atoms with Crippen molar-refractivity contribution in [3.05, 3.63) is 46.0 Å². The summed E-state index contributed by atoms with van der Waals surface area (Å²) < 4.78 is 0. The van der Waals surface area contributed by atoms with Crippen LogP contribution in [0.25, 0.3) is 0 Å². The smallest absolute Gasteiger partial charge is 0.0154 e. The summed E-state index contributed by atoms with van der Waals surface area (Å²) in [6.07, 6.45) is 2.62. The van der Waals surface area contributed by atoms with E-state index in [4.69, 9.17) is 0 Å². The first-order valence-corrected chi connectivity index (χ1v) is 7.30. The Kier molecular flexibility index (Phi) is 1.76. The van der Waals surface area contributed by atoms with Gasteiger partial charge in [0.1, 0.15) is 0 Å². The van der Waals surface area contributed by atoms with Crippen LogP contribution >= 0.6 is 0 Å². The Bertz CT molecular complexity index is 590. The lowest BCUT2D eigenvalue weighted by Crippen LogP contribution is -2.30. The number of aryl methyl sites for hydroxylation is 2. The van der Waals surface area contributed by atoms with Gasteiger partial charge in [0.25, 0.3) is 0 Å². The van der Waals surface area contributed by atoms with E-state index in [1.165, 1.54) is 11.1 Å². The van der Waals surface area contributed by atoms with Crippen molar-refractivity contribution < 1.29 is 0 Å². The minimum Gasteiger partial charge on any atom is -0.0762 e. The average Bonchev–Trinajstić information content (AvgIpc) is 2.79. The molecular weight excluding hydrogens is 216 g/mol. The number of rotatable bonds is 1. The summed E-state index contributed by atoms with van der Waals surface area (Å²) in [5, 5.41) is 0. The molecule has 4 aliphatic carbocycles. The fraction of sp³-hybridized carbons (Fsp3) is 0.556. The summed E-state index contributed by atoms with van der Waals surface area (Å²) in [5.74, 6) is 3.08. The molecule has 0 N–H and O–H groups in total. The lowest BCUT2D eigenvalue weighted by Gasteiger charge is -2.39. The van der Waals surface area contributed by atoms with E-state index in [0.717, 1.165) is 17.8 Å². The van der Waals surface area contributed by atoms with Crippen molar-refractivity contribution in [3.8, 4) is 0 Å². The van der Waals surface area contributed by atoms with Gasteiger partial charge in [0.15, 0.2) is 0 Å². The summed E-state index contributed by atoms with van der Waals surface area (Å²) in [5.41, 5.74) is 8.66. The van der Waals surface area contributed by atoms with E-state index in [0.29, 0.717) is 11.3 Å². The molecule has 4 unspecified atom stereocenters. The number of hydrogen-bond donors (Lipinski definition) is 0. The van der Waals surface area contributed by atoms with Crippen molar-refractivity contribution in [2.75, 3.05) is 0 Å². The predicted molar refractivity (Wildman–Crippen MR) is 75.9 cm³/mol. The van der Waals surface area contributed by atoms with E-state index in [1.807, 2.05) is 0 Å². The Morgan fingerprint density at radius 2 is 1.67 bits per heavy atom. The van der Waals surface area contributed by atoms with Gasteiger partial charge in [-0.2, -0.15) is 0 Å². The fourth-order valence-electron chi connectivity index (χ4n) is 5.32. The van der Waals surface area contributed by atoms with Crippen molar-refractivity contribution in [2.24, 2.45) is 17.3 Å². The van der Waals surface area contributed by atoms with Gasteiger partial charge in [-0.1, -0.05) is 44.6 Å². The number of hydrogen-bond acceptors (Lipinski definition) is 0. The maximum atomic E-state index is 2.62. The molecule has 1 aromatic carbocycles. The fourth-order valence-corrected chi connectivity index (χ4v) is 5.32. The van der Waals surface area contributed by atoms with Gasteiger partial charge in [0.05, 0.1) is 0 Å². The highest BCUT2D eigenvalue weighted by Crippen LogP contribution is 2.80. The number of benzene rings is 1. The average molecular weight is 238 g/mol. The van der Waals surface area contributed by atoms with Crippen LogP contribution in [0.5, 0.6) is 0 Å². The summed E-state index contributed by atoms with van der Waals surface area (Å²) >= 11 is 0. The second-order valence-electron chi connectivity index (χ2n) is 7.16. The molecule has 5 rings (SSSR count). The molecule has 0 saturated heterocycles. The van der Waals surface area contributed by atoms with Crippen LogP contribution in [0.15, 0.2) is 23.8 Å². The van der Waals surface area contributed by atoms with E-state index in [-0.39, 0.29) is 0 Å². The van der Waals surface area contributed by atoms with E-state index in [9.17, 15) is 0 Å². The SMILES string of the molecule is Cc1ccc(C)c2c1C1C=C3C2C3(C)C1C(C)C. The van der Waals surface area contributed by atoms with Gasteiger partial charge < -0.3 is 0 Å². The van der Waals surface area contributed by atoms with Gasteiger partial charge in [-0.15, -0.1) is 0 Å². The maximum Gasteiger partial charge on any atom is 0.0154 e. The zero-order valence-electron chi connectivity index (χ0n) is 12.0. The van der Waals surface area contributed by atoms with Crippen LogP contribution in [0.1, 0.15) is 54.9 Å². The molecule has 4 bridgehead atoms. The highest BCUT2D eigenvalue weighted by atomic mass is 14.7. The van der Waals surface area contributed by atoms with Crippen molar-refractivity contribution in [2.45, 2.75) is 46.5 Å². The van der Waals surface area contributed by atoms with Gasteiger partial charge in [0, 0.05) is 17.3 Å². The standard InChI is InChI=1S/C18H22/c1-9(2)16-12-8-13-17(18(13,16)5)15-11(4)7-6-10(3)14(12)15/h6-9,12,16-17H,1-5H3. The van der Waals surface area contributed by atoms with Crippen molar-refractivity contribution in [1.29, 1.82) is 0 Å². The first-order chi connectivity index (χ1) is 8.48. The van der Waals surface area contributed by atoms with Gasteiger partial charge in [-0.3, -0.25) is 0 Å². The van der Waals surface area contributed by atoms with E-state index in [2.05, 4.69) is 52.8 Å². The third-order valence-electron chi connectivity index (χ3n) is 5.95. The zero-order valence-corrected chi connectivity index (χ0v) is 12.0. The van der Waals surface area contributed by atoms with Crippen LogP contribution in [0, 0.1) is 31.1 Å². The molecule has 0 spiro atoms. The van der Waals surface area contributed by atoms with Crippen LogP contribution in [-0.4, -0.2) is 0 Å². The molecule has 4 aliphatic rings. The summed E-state index contributed by atoms with van der Waals surface area (Å²) in [4.78, 5) is 0. The molecule has 0 aromatic heterocycles. The molecule has 1 saturated carbocycles. The normalized spacial score (nSPS) is 38.8. The molecule has 0 heteroatoms. The van der Waals surface area contributed by atoms with Gasteiger partial charge in [-0.25, -0.2) is 0 Å². The van der Waals surface area contributed by atoms with E-state index in [1.54, 1.807) is 16.7 Å². The molecule has 4 atom stereocenters. The summed E-state index contributed by atoms with van der Waals surface area (Å²) in [6, 6.07) is 4.64. The largest absolute Gasteiger partial charge is 0.0762 e. The topological polar surface area (TPSA) is 0 Å². The lowest BCUT2D eigenvalue weighted by atomic mass is 9.64. The predicted octanol–water partition coefficient (Wildman–Crippen LogP) is 4.72. The van der Waals surface area contributed by atoms with Crippen LogP contribution in [0.3, 0.4) is 0 Å². The van der Waals surface area contributed by atoms with E-state index < -0.39 is 0 Å². The quantitative estimate of drug-likeness (QED) is 0.621. The monoisotopic (exact) mass is 238 g/mol. The lowest BCUT2D eigenvalue weighted by molar-refractivity contribution is 0.228. The van der Waals surface area contributed by atoms with Gasteiger partial charge >= 0.3 is 0 Å². The molecule has 0 amide bonds. The van der Waals surface area contributed by atoms with Crippen molar-refractivity contribution in [3.63, 3.8) is 0 Å². The molecule has 1 aromatic rings. The minimum absolute atomic E-state index is 0.504. The van der Waals surface area contributed by atoms with Crippen LogP contribution in [-0.2, 0) is 0 Å². The molecule has 94 valence electrons. The van der Waals surface area contributed by atoms with Crippen LogP contribution in [0.2, 0.25) is 0 Å². The highest BCUT2D eigenvalue weighted by molar-refractivity contribution is 5.68. The van der Waals surface area contributed by atoms with Gasteiger partial charge in [-0.05, 0) is 47.9 Å². The summed E-state index contributed by atoms with van der Waals surface area (Å²) in [6.45, 7) is 11.9. The van der Waals surface area contributed by atoms with Crippen LogP contribution in [0.4, 0.5) is 0 Å². The van der Waals surface area contributed by atoms with Crippen molar-refractivity contribution >= 4 is 0 Å². The second kappa shape index (κ2) is 2.92. The molecule has 0 nitrogen and oxygen atoms in total. The third kappa shape index (κ3) is 0.931. The van der Waals surface area contributed by atoms with Crippen molar-refractivity contribution in [1.82, 2.24) is 0 Å². The zero-order chi connectivity index (χ0) is 12.8. The molecule has 0 heterocycles. The number of allylic oxidation sites excluding steroid dienone is 2. The molecule has 18 heavy (non-hydrogen) atoms. The summed E-state index contributed by atoms with van der Waals surface area (Å²) in [7, 11) is 0. The Hall–Kier alpha value is -1.04. The first-order valence-electron chi connectivity index (χ1n) is 7.30. The highest BCUT2D eigenvalue weighted by Gasteiger charge is 2.70. The molecule has 0 aliphatic heterocycles. The second-order valence-corrected chi connectivity index (χ2v) is 7.16. The Labute approximate surface area is 110 Å². The van der Waals surface area contributed by atoms with E-state index >= 15 is 0 Å². The Balaban J connectivity index is 1.99. The Morgan fingerprint density at radius 3 is 2.28 bits per heavy atom. The molecule has 0 radical (unpaired) electrons. The minimum atomic E-state index is 0.504. The van der Waals surface area contributed by atoms with Gasteiger partial charge in [0.2, 0.25) is 0 Å². The molecule has 1 fully saturated rings. The Morgan fingerprint density at radius 1 is 1.06 bits per heavy atom. The molecular formula is C18H22. The van der Waals surface area contributed by atoms with Crippen LogP contribution < -0.4 is 0 Å². The first kappa shape index (κ1) is 10.8. The third-order valence-corrected chi connectivity index (χ3v) is 5.95. The maximum absolute atomic E-state index is 2.62.